The van der Waals surface area contributed by atoms with E-state index >= 15 is 0 Å². The van der Waals surface area contributed by atoms with Crippen LogP contribution in [-0.2, 0) is 9.59 Å². The Hall–Kier alpha value is -1.55. The number of rotatable bonds is 2. The maximum absolute atomic E-state index is 12.2. The first-order valence-electron chi connectivity index (χ1n) is 6.23. The lowest BCUT2D eigenvalue weighted by molar-refractivity contribution is -0.131. The van der Waals surface area contributed by atoms with E-state index in [0.29, 0.717) is 23.6 Å². The highest BCUT2D eigenvalue weighted by Crippen LogP contribution is 2.28. The maximum atomic E-state index is 12.2. The maximum Gasteiger partial charge on any atom is 0.247 e. The number of likely N-dealkylation sites (N-methyl/N-ethyl adjacent to an activating group) is 1. The van der Waals surface area contributed by atoms with Crippen LogP contribution in [0.15, 0.2) is 12.1 Å². The number of anilines is 1. The first-order chi connectivity index (χ1) is 8.90. The molecule has 1 aliphatic rings. The normalized spacial score (nSPS) is 18.8. The Kier molecular flexibility index (Phi) is 3.80. The molecular formula is C14H17ClN2O2. The summed E-state index contributed by atoms with van der Waals surface area (Å²) < 4.78 is 0. The molecule has 102 valence electrons. The van der Waals surface area contributed by atoms with Gasteiger partial charge in [0.05, 0.1) is 10.7 Å². The van der Waals surface area contributed by atoms with Crippen molar-refractivity contribution in [1.82, 2.24) is 4.90 Å². The van der Waals surface area contributed by atoms with E-state index in [1.54, 1.807) is 7.05 Å². The fraction of sp³-hybridized carbons (Fsp3) is 0.429. The third-order valence-corrected chi connectivity index (χ3v) is 3.77. The number of nitrogens with one attached hydrogen (secondary N) is 1. The molecule has 1 aromatic carbocycles. The van der Waals surface area contributed by atoms with E-state index in [9.17, 15) is 9.59 Å². The van der Waals surface area contributed by atoms with E-state index < -0.39 is 6.04 Å². The average molecular weight is 281 g/mol. The summed E-state index contributed by atoms with van der Waals surface area (Å²) in [6.07, 6.45) is 0.985. The Morgan fingerprint density at radius 2 is 2.11 bits per heavy atom. The first kappa shape index (κ1) is 13.9. The van der Waals surface area contributed by atoms with Gasteiger partial charge in [-0.2, -0.15) is 0 Å². The number of nitrogens with zero attached hydrogens (tertiary/aromatic N) is 1. The highest BCUT2D eigenvalue weighted by Gasteiger charge is 2.33. The topological polar surface area (TPSA) is 49.4 Å². The number of carbonyl (C=O) groups excluding carboxylic acids is 2. The van der Waals surface area contributed by atoms with Crippen LogP contribution in [0.4, 0.5) is 5.69 Å². The van der Waals surface area contributed by atoms with Gasteiger partial charge in [-0.3, -0.25) is 9.59 Å². The summed E-state index contributed by atoms with van der Waals surface area (Å²) >= 11 is 6.16. The molecule has 1 fully saturated rings. The third-order valence-electron chi connectivity index (χ3n) is 3.48. The van der Waals surface area contributed by atoms with Gasteiger partial charge in [-0.1, -0.05) is 17.7 Å². The molecule has 4 nitrogen and oxygen atoms in total. The molecule has 0 saturated carbocycles. The molecule has 0 spiro atoms. The molecule has 1 atom stereocenters. The molecule has 5 heteroatoms. The summed E-state index contributed by atoms with van der Waals surface area (Å²) in [5.74, 6) is -0.172. The Balaban J connectivity index is 2.18. The van der Waals surface area contributed by atoms with Gasteiger partial charge >= 0.3 is 0 Å². The largest absolute Gasteiger partial charge is 0.334 e. The van der Waals surface area contributed by atoms with Crippen LogP contribution in [0, 0.1) is 13.8 Å². The van der Waals surface area contributed by atoms with Crippen LogP contribution in [0.5, 0.6) is 0 Å². The zero-order chi connectivity index (χ0) is 14.2. The predicted octanol–water partition coefficient (Wildman–Crippen LogP) is 2.52. The summed E-state index contributed by atoms with van der Waals surface area (Å²) in [6.45, 7) is 3.85. The van der Waals surface area contributed by atoms with Gasteiger partial charge in [0.15, 0.2) is 0 Å². The Labute approximate surface area is 117 Å². The highest BCUT2D eigenvalue weighted by atomic mass is 35.5. The van der Waals surface area contributed by atoms with Crippen LogP contribution < -0.4 is 5.32 Å². The average Bonchev–Trinajstić information content (AvgIpc) is 2.64. The molecule has 0 aliphatic carbocycles. The second-order valence-corrected chi connectivity index (χ2v) is 5.39. The molecule has 1 N–H and O–H groups in total. The third kappa shape index (κ3) is 2.73. The van der Waals surface area contributed by atoms with Gasteiger partial charge in [0, 0.05) is 13.5 Å². The van der Waals surface area contributed by atoms with Crippen molar-refractivity contribution in [3.63, 3.8) is 0 Å². The SMILES string of the molecule is Cc1cc(C)c(NC(=O)C2CCC(=O)N2C)c(Cl)c1. The van der Waals surface area contributed by atoms with E-state index in [1.165, 1.54) is 4.90 Å². The molecule has 1 saturated heterocycles. The second-order valence-electron chi connectivity index (χ2n) is 4.99. The Morgan fingerprint density at radius 3 is 2.63 bits per heavy atom. The monoisotopic (exact) mass is 280 g/mol. The Bertz CT molecular complexity index is 519. The number of hydrogen-bond acceptors (Lipinski definition) is 2. The Morgan fingerprint density at radius 1 is 1.42 bits per heavy atom. The van der Waals surface area contributed by atoms with Crippen molar-refractivity contribution in [2.75, 3.05) is 12.4 Å². The van der Waals surface area contributed by atoms with Gasteiger partial charge in [-0.25, -0.2) is 0 Å². The number of aryl methyl sites for hydroxylation is 2. The van der Waals surface area contributed by atoms with Crippen molar-refractivity contribution in [3.05, 3.63) is 28.3 Å². The van der Waals surface area contributed by atoms with Gasteiger partial charge in [0.2, 0.25) is 11.8 Å². The molecule has 1 heterocycles. The minimum Gasteiger partial charge on any atom is -0.334 e. The van der Waals surface area contributed by atoms with Crippen molar-refractivity contribution >= 4 is 29.1 Å². The van der Waals surface area contributed by atoms with E-state index in [-0.39, 0.29) is 11.8 Å². The van der Waals surface area contributed by atoms with Crippen molar-refractivity contribution in [1.29, 1.82) is 0 Å². The molecule has 2 rings (SSSR count). The number of amides is 2. The number of hydrogen-bond donors (Lipinski definition) is 1. The fourth-order valence-electron chi connectivity index (χ4n) is 2.39. The van der Waals surface area contributed by atoms with Crippen LogP contribution in [0.1, 0.15) is 24.0 Å². The number of benzene rings is 1. The first-order valence-corrected chi connectivity index (χ1v) is 6.61. The molecule has 0 bridgehead atoms. The predicted molar refractivity (Wildman–Crippen MR) is 75.3 cm³/mol. The highest BCUT2D eigenvalue weighted by molar-refractivity contribution is 6.34. The van der Waals surface area contributed by atoms with Crippen LogP contribution >= 0.6 is 11.6 Å². The second kappa shape index (κ2) is 5.21. The summed E-state index contributed by atoms with van der Waals surface area (Å²) in [7, 11) is 1.66. The van der Waals surface area contributed by atoms with Crippen LogP contribution in [0.2, 0.25) is 5.02 Å². The molecule has 1 aromatic rings. The zero-order valence-electron chi connectivity index (χ0n) is 11.3. The minimum atomic E-state index is -0.399. The van der Waals surface area contributed by atoms with E-state index in [4.69, 9.17) is 11.6 Å². The standard InChI is InChI=1S/C14H17ClN2O2/c1-8-6-9(2)13(10(15)7-8)16-14(19)11-4-5-12(18)17(11)3/h6-7,11H,4-5H2,1-3H3,(H,16,19). The van der Waals surface area contributed by atoms with Crippen LogP contribution in [-0.4, -0.2) is 29.8 Å². The van der Waals surface area contributed by atoms with E-state index in [0.717, 1.165) is 11.1 Å². The van der Waals surface area contributed by atoms with Gasteiger partial charge in [0.25, 0.3) is 0 Å². The lowest BCUT2D eigenvalue weighted by Crippen LogP contribution is -2.39. The van der Waals surface area contributed by atoms with Crippen molar-refractivity contribution in [2.24, 2.45) is 0 Å². The molecule has 0 aromatic heterocycles. The minimum absolute atomic E-state index is 0.00637. The smallest absolute Gasteiger partial charge is 0.247 e. The van der Waals surface area contributed by atoms with Gasteiger partial charge in [-0.05, 0) is 37.5 Å². The van der Waals surface area contributed by atoms with Crippen molar-refractivity contribution in [2.45, 2.75) is 32.7 Å². The molecule has 19 heavy (non-hydrogen) atoms. The van der Waals surface area contributed by atoms with Crippen LogP contribution in [0.25, 0.3) is 0 Å². The van der Waals surface area contributed by atoms with E-state index in [2.05, 4.69) is 5.32 Å². The van der Waals surface area contributed by atoms with Gasteiger partial charge in [-0.15, -0.1) is 0 Å². The molecule has 0 radical (unpaired) electrons. The lowest BCUT2D eigenvalue weighted by Gasteiger charge is -2.20. The zero-order valence-corrected chi connectivity index (χ0v) is 12.0. The molecule has 2 amide bonds. The molecule has 1 unspecified atom stereocenters. The summed E-state index contributed by atoms with van der Waals surface area (Å²) in [5, 5.41) is 3.36. The summed E-state index contributed by atoms with van der Waals surface area (Å²) in [6, 6.07) is 3.38. The van der Waals surface area contributed by atoms with Gasteiger partial charge < -0.3 is 10.2 Å². The van der Waals surface area contributed by atoms with Crippen LogP contribution in [0.3, 0.4) is 0 Å². The van der Waals surface area contributed by atoms with Crippen molar-refractivity contribution < 1.29 is 9.59 Å². The molecular weight excluding hydrogens is 264 g/mol. The number of carbonyl (C=O) groups is 2. The summed E-state index contributed by atoms with van der Waals surface area (Å²) in [4.78, 5) is 25.1. The summed E-state index contributed by atoms with van der Waals surface area (Å²) in [5.41, 5.74) is 2.60. The number of likely N-dealkylation sites (tertiary alicyclic amines) is 1. The van der Waals surface area contributed by atoms with Crippen molar-refractivity contribution in [3.8, 4) is 0 Å². The fourth-order valence-corrected chi connectivity index (χ4v) is 2.76. The van der Waals surface area contributed by atoms with Gasteiger partial charge in [0.1, 0.15) is 6.04 Å². The quantitative estimate of drug-likeness (QED) is 0.905. The number of halogens is 1. The lowest BCUT2D eigenvalue weighted by atomic mass is 10.1. The van der Waals surface area contributed by atoms with E-state index in [1.807, 2.05) is 26.0 Å². The molecule has 1 aliphatic heterocycles.